The largest absolute Gasteiger partial charge is 0.490 e. The fraction of sp³-hybridized carbons (Fsp3) is 0.333. The van der Waals surface area contributed by atoms with Crippen LogP contribution in [-0.2, 0) is 29.2 Å². The summed E-state index contributed by atoms with van der Waals surface area (Å²) in [5, 5.41) is 22.3. The molecule has 0 saturated heterocycles. The molecule has 0 saturated carbocycles. The van der Waals surface area contributed by atoms with Gasteiger partial charge in [-0.2, -0.15) is 10.2 Å². The molecule has 0 unspecified atom stereocenters. The molecule has 1 aliphatic heterocycles. The van der Waals surface area contributed by atoms with Gasteiger partial charge in [0, 0.05) is 52.7 Å². The third-order valence-electron chi connectivity index (χ3n) is 7.74. The number of fused-ring (bicyclic) bond motifs is 2. The zero-order valence-electron chi connectivity index (χ0n) is 26.0. The average Bonchev–Trinajstić information content (AvgIpc) is 3.75. The molecule has 0 spiro atoms. The molecular weight excluding hydrogens is 614 g/mol. The molecule has 10 nitrogen and oxygen atoms in total. The number of carbonyl (C=O) groups excluding carboxylic acids is 1. The number of aromatic nitrogens is 5. The molecule has 0 bridgehead atoms. The van der Waals surface area contributed by atoms with Crippen molar-refractivity contribution in [2.75, 3.05) is 20.3 Å². The fourth-order valence-corrected chi connectivity index (χ4v) is 6.67. The minimum absolute atomic E-state index is 0.0124. The number of thiophene rings is 1. The number of hydrogen-bond donors (Lipinski definition) is 1. The van der Waals surface area contributed by atoms with Crippen molar-refractivity contribution in [2.45, 2.75) is 52.0 Å². The number of amides is 1. The highest BCUT2D eigenvalue weighted by atomic mass is 32.1. The van der Waals surface area contributed by atoms with Gasteiger partial charge in [0.05, 0.1) is 55.0 Å². The molecule has 1 amide bonds. The van der Waals surface area contributed by atoms with Crippen LogP contribution in [0.4, 0.5) is 8.78 Å². The summed E-state index contributed by atoms with van der Waals surface area (Å²) in [5.74, 6) is -1.76. The summed E-state index contributed by atoms with van der Waals surface area (Å²) in [7, 11) is 1.52. The van der Waals surface area contributed by atoms with Crippen molar-refractivity contribution in [3.63, 3.8) is 0 Å². The lowest BCUT2D eigenvalue weighted by molar-refractivity contribution is -0.129. The van der Waals surface area contributed by atoms with E-state index in [1.165, 1.54) is 24.5 Å². The molecule has 4 aromatic heterocycles. The average molecular weight is 649 g/mol. The van der Waals surface area contributed by atoms with E-state index in [1.807, 2.05) is 29.1 Å². The Bertz CT molecular complexity index is 1940. The molecule has 1 atom stereocenters. The summed E-state index contributed by atoms with van der Waals surface area (Å²) in [5.41, 5.74) is 2.34. The third kappa shape index (κ3) is 6.05. The quantitative estimate of drug-likeness (QED) is 0.153. The van der Waals surface area contributed by atoms with Crippen molar-refractivity contribution in [3.05, 3.63) is 72.0 Å². The first-order valence-electron chi connectivity index (χ1n) is 14.7. The Morgan fingerprint density at radius 1 is 1.22 bits per heavy atom. The molecule has 46 heavy (non-hydrogen) atoms. The minimum Gasteiger partial charge on any atom is -0.490 e. The van der Waals surface area contributed by atoms with E-state index < -0.39 is 17.2 Å². The smallest absolute Gasteiger partial charge is 0.246 e. The van der Waals surface area contributed by atoms with Crippen LogP contribution in [0.1, 0.15) is 26.5 Å². The predicted molar refractivity (Wildman–Crippen MR) is 171 cm³/mol. The summed E-state index contributed by atoms with van der Waals surface area (Å²) in [6.07, 6.45) is 4.77. The summed E-state index contributed by atoms with van der Waals surface area (Å²) in [6, 6.07) is 5.59. The first kappa shape index (κ1) is 31.5. The molecular formula is C33H34F2N6O4S. The van der Waals surface area contributed by atoms with Crippen LogP contribution in [0.3, 0.4) is 0 Å². The normalized spacial score (nSPS) is 14.9. The van der Waals surface area contributed by atoms with Crippen LogP contribution in [0.25, 0.3) is 43.9 Å². The van der Waals surface area contributed by atoms with Gasteiger partial charge in [-0.1, -0.05) is 6.58 Å². The summed E-state index contributed by atoms with van der Waals surface area (Å²) < 4.78 is 45.7. The van der Waals surface area contributed by atoms with Crippen LogP contribution in [0.2, 0.25) is 0 Å². The maximum absolute atomic E-state index is 16.0. The monoisotopic (exact) mass is 648 g/mol. The number of rotatable bonds is 10. The van der Waals surface area contributed by atoms with E-state index >= 15 is 4.39 Å². The molecule has 1 aromatic carbocycles. The molecule has 5 heterocycles. The van der Waals surface area contributed by atoms with Gasteiger partial charge in [-0.15, -0.1) is 11.3 Å². The van der Waals surface area contributed by atoms with Gasteiger partial charge >= 0.3 is 0 Å². The number of halogens is 2. The van der Waals surface area contributed by atoms with E-state index in [2.05, 4.69) is 11.7 Å². The molecule has 6 rings (SSSR count). The van der Waals surface area contributed by atoms with E-state index in [9.17, 15) is 14.3 Å². The molecule has 0 fully saturated rings. The van der Waals surface area contributed by atoms with E-state index in [4.69, 9.17) is 19.6 Å². The van der Waals surface area contributed by atoms with E-state index in [0.717, 1.165) is 23.2 Å². The van der Waals surface area contributed by atoms with Crippen molar-refractivity contribution in [1.82, 2.24) is 29.4 Å². The second kappa shape index (κ2) is 12.4. The van der Waals surface area contributed by atoms with Gasteiger partial charge in [0.2, 0.25) is 5.91 Å². The molecule has 1 N–H and O–H groups in total. The first-order chi connectivity index (χ1) is 22.0. The van der Waals surface area contributed by atoms with Gasteiger partial charge in [0.15, 0.2) is 0 Å². The lowest BCUT2D eigenvalue weighted by Crippen LogP contribution is -2.44. The van der Waals surface area contributed by atoms with Crippen LogP contribution in [0.15, 0.2) is 54.7 Å². The lowest BCUT2D eigenvalue weighted by Gasteiger charge is -2.33. The van der Waals surface area contributed by atoms with Crippen LogP contribution in [0, 0.1) is 11.6 Å². The zero-order chi connectivity index (χ0) is 32.7. The summed E-state index contributed by atoms with van der Waals surface area (Å²) in [6.45, 7) is 10.3. The second-order valence-corrected chi connectivity index (χ2v) is 12.8. The predicted octanol–water partition coefficient (Wildman–Crippen LogP) is 5.68. The standard InChI is InChI=1S/C33H34F2N6O4S/c1-6-27(42)40-17-22-13-25(38-41(22)15-19(40)2)31-29(28-24(35)11-21(34)12-26(28)45-9-8-44-5)32-23(7-10-46-32)30(37-31)20-14-36-39(16-20)18-33(3,4)43/h6-7,10-14,16,19,43H,1,8-9,15,17-18H2,2-5H3/t19-/m1/s1. The van der Waals surface area contributed by atoms with Crippen LogP contribution >= 0.6 is 11.3 Å². The summed E-state index contributed by atoms with van der Waals surface area (Å²) >= 11 is 1.39. The van der Waals surface area contributed by atoms with Crippen molar-refractivity contribution in [2.24, 2.45) is 0 Å². The Kier molecular flexibility index (Phi) is 8.49. The van der Waals surface area contributed by atoms with Crippen molar-refractivity contribution in [1.29, 1.82) is 0 Å². The van der Waals surface area contributed by atoms with Crippen LogP contribution < -0.4 is 4.74 Å². The third-order valence-corrected chi connectivity index (χ3v) is 8.67. The minimum atomic E-state index is -0.990. The fourth-order valence-electron chi connectivity index (χ4n) is 5.72. The molecule has 0 aliphatic carbocycles. The van der Waals surface area contributed by atoms with Gasteiger partial charge in [-0.25, -0.2) is 13.8 Å². The van der Waals surface area contributed by atoms with Gasteiger partial charge in [0.25, 0.3) is 0 Å². The highest BCUT2D eigenvalue weighted by Gasteiger charge is 2.31. The Morgan fingerprint density at radius 2 is 2.02 bits per heavy atom. The molecule has 0 radical (unpaired) electrons. The van der Waals surface area contributed by atoms with Crippen molar-refractivity contribution < 1.29 is 28.2 Å². The Morgan fingerprint density at radius 3 is 2.76 bits per heavy atom. The van der Waals surface area contributed by atoms with Crippen LogP contribution in [0.5, 0.6) is 5.75 Å². The Balaban J connectivity index is 1.59. The van der Waals surface area contributed by atoms with Gasteiger partial charge in [0.1, 0.15) is 35.4 Å². The second-order valence-electron chi connectivity index (χ2n) is 11.9. The number of ether oxygens (including phenoxy) is 2. The van der Waals surface area contributed by atoms with Crippen molar-refractivity contribution in [3.8, 4) is 39.5 Å². The topological polar surface area (TPSA) is 108 Å². The number of aliphatic hydroxyl groups is 1. The summed E-state index contributed by atoms with van der Waals surface area (Å²) in [4.78, 5) is 19.4. The Hall–Kier alpha value is -4.46. The SMILES string of the molecule is C=CC(=O)N1Cc2cc(-c3nc(-c4cnn(CC(C)(C)O)c4)c4ccsc4c3-c3c(F)cc(F)cc3OCCOC)nn2C[C@H]1C. The number of methoxy groups -OCH3 is 1. The van der Waals surface area contributed by atoms with Gasteiger partial charge in [-0.05, 0) is 44.4 Å². The molecule has 240 valence electrons. The van der Waals surface area contributed by atoms with Crippen molar-refractivity contribution >= 4 is 27.3 Å². The van der Waals surface area contributed by atoms with E-state index in [1.54, 1.807) is 35.8 Å². The van der Waals surface area contributed by atoms with E-state index in [-0.39, 0.29) is 43.0 Å². The molecule has 1 aliphatic rings. The van der Waals surface area contributed by atoms with Crippen LogP contribution in [-0.4, -0.2) is 72.4 Å². The zero-order valence-corrected chi connectivity index (χ0v) is 26.8. The molecule has 5 aromatic rings. The number of nitrogens with zero attached hydrogens (tertiary/aromatic N) is 6. The lowest BCUT2D eigenvalue weighted by atomic mass is 9.97. The Labute approximate surface area is 268 Å². The first-order valence-corrected chi connectivity index (χ1v) is 15.6. The number of hydrogen-bond acceptors (Lipinski definition) is 8. The number of carbonyl (C=O) groups is 1. The highest BCUT2D eigenvalue weighted by molar-refractivity contribution is 7.18. The maximum Gasteiger partial charge on any atom is 0.246 e. The maximum atomic E-state index is 16.0. The number of benzene rings is 1. The highest BCUT2D eigenvalue weighted by Crippen LogP contribution is 2.47. The number of pyridine rings is 1. The van der Waals surface area contributed by atoms with E-state index in [0.29, 0.717) is 46.0 Å². The molecule has 13 heteroatoms. The van der Waals surface area contributed by atoms with Gasteiger partial charge < -0.3 is 19.5 Å². The van der Waals surface area contributed by atoms with Gasteiger partial charge in [-0.3, -0.25) is 14.2 Å².